The molecule has 0 aliphatic rings. The molecule has 2 N–H and O–H groups in total. The summed E-state index contributed by atoms with van der Waals surface area (Å²) in [5.74, 6) is 0.893. The fraction of sp³-hybridized carbons (Fsp3) is 0.778. The summed E-state index contributed by atoms with van der Waals surface area (Å²) in [6, 6.07) is 0.430. The number of guanidine groups is 1. The first-order valence-electron chi connectivity index (χ1n) is 9.12. The lowest BCUT2D eigenvalue weighted by Gasteiger charge is -2.21. The van der Waals surface area contributed by atoms with Crippen molar-refractivity contribution in [2.45, 2.75) is 59.9 Å². The van der Waals surface area contributed by atoms with E-state index in [0.717, 1.165) is 49.1 Å². The first-order chi connectivity index (χ1) is 11.5. The minimum atomic E-state index is 0.430. The van der Waals surface area contributed by atoms with Gasteiger partial charge < -0.3 is 15.5 Å². The van der Waals surface area contributed by atoms with Gasteiger partial charge in [-0.05, 0) is 53.2 Å². The maximum atomic E-state index is 4.48. The van der Waals surface area contributed by atoms with E-state index in [4.69, 9.17) is 0 Å². The van der Waals surface area contributed by atoms with Gasteiger partial charge in [0, 0.05) is 30.9 Å². The normalized spacial score (nSPS) is 13.4. The van der Waals surface area contributed by atoms with Crippen molar-refractivity contribution < 1.29 is 0 Å². The van der Waals surface area contributed by atoms with Crippen LogP contribution in [-0.2, 0) is 6.42 Å². The van der Waals surface area contributed by atoms with Gasteiger partial charge in [-0.1, -0.05) is 13.8 Å². The Kier molecular flexibility index (Phi) is 9.95. The van der Waals surface area contributed by atoms with E-state index in [9.17, 15) is 0 Å². The number of hydrogen-bond acceptors (Lipinski definition) is 4. The van der Waals surface area contributed by atoms with Gasteiger partial charge in [0.2, 0.25) is 0 Å². The summed E-state index contributed by atoms with van der Waals surface area (Å²) in [7, 11) is 1.83. The zero-order valence-corrected chi connectivity index (χ0v) is 17.1. The van der Waals surface area contributed by atoms with E-state index < -0.39 is 0 Å². The lowest BCUT2D eigenvalue weighted by atomic mass is 10.2. The molecule has 0 bridgehead atoms. The van der Waals surface area contributed by atoms with Gasteiger partial charge in [-0.3, -0.25) is 4.99 Å². The van der Waals surface area contributed by atoms with Crippen LogP contribution >= 0.6 is 11.3 Å². The Morgan fingerprint density at radius 3 is 2.54 bits per heavy atom. The van der Waals surface area contributed by atoms with E-state index in [-0.39, 0.29) is 0 Å². The fourth-order valence-corrected chi connectivity index (χ4v) is 3.70. The third kappa shape index (κ3) is 7.62. The predicted octanol–water partition coefficient (Wildman–Crippen LogP) is 2.98. The topological polar surface area (TPSA) is 52.5 Å². The van der Waals surface area contributed by atoms with E-state index in [1.807, 2.05) is 7.05 Å². The Morgan fingerprint density at radius 1 is 1.29 bits per heavy atom. The van der Waals surface area contributed by atoms with Gasteiger partial charge in [0.05, 0.1) is 10.7 Å². The maximum absolute atomic E-state index is 4.48. The molecule has 0 fully saturated rings. The largest absolute Gasteiger partial charge is 0.356 e. The Bertz CT molecular complexity index is 494. The van der Waals surface area contributed by atoms with Crippen molar-refractivity contribution in [2.75, 3.05) is 33.2 Å². The predicted molar refractivity (Wildman–Crippen MR) is 106 cm³/mol. The van der Waals surface area contributed by atoms with Gasteiger partial charge in [-0.15, -0.1) is 11.3 Å². The third-order valence-corrected chi connectivity index (χ3v) is 5.39. The molecule has 0 aliphatic carbocycles. The summed E-state index contributed by atoms with van der Waals surface area (Å²) in [5.41, 5.74) is 1.16. The molecule has 0 saturated carbocycles. The van der Waals surface area contributed by atoms with Crippen molar-refractivity contribution in [3.8, 4) is 0 Å². The molecule has 1 heterocycles. The number of aromatic nitrogens is 1. The van der Waals surface area contributed by atoms with Crippen LogP contribution in [0.4, 0.5) is 0 Å². The molecule has 0 aromatic carbocycles. The molecule has 1 rings (SSSR count). The van der Waals surface area contributed by atoms with Crippen molar-refractivity contribution >= 4 is 17.3 Å². The summed E-state index contributed by atoms with van der Waals surface area (Å²) < 4.78 is 0. The first kappa shape index (κ1) is 20.9. The van der Waals surface area contributed by atoms with Crippen molar-refractivity contribution in [2.24, 2.45) is 4.99 Å². The van der Waals surface area contributed by atoms with Gasteiger partial charge in [0.1, 0.15) is 0 Å². The molecule has 1 aromatic rings. The quantitative estimate of drug-likeness (QED) is 0.501. The third-order valence-electron chi connectivity index (χ3n) is 4.26. The molecular formula is C18H35N5S. The SMILES string of the molecule is CCN(CC)CCCC(C)NC(=NC)NCCc1sc(C)nc1C. The molecule has 0 spiro atoms. The first-order valence-corrected chi connectivity index (χ1v) is 9.94. The highest BCUT2D eigenvalue weighted by Gasteiger charge is 2.08. The van der Waals surface area contributed by atoms with E-state index in [1.54, 1.807) is 11.3 Å². The van der Waals surface area contributed by atoms with Crippen LogP contribution in [0.15, 0.2) is 4.99 Å². The molecule has 5 nitrogen and oxygen atoms in total. The van der Waals surface area contributed by atoms with Crippen LogP contribution in [0.5, 0.6) is 0 Å². The van der Waals surface area contributed by atoms with Crippen LogP contribution in [0, 0.1) is 13.8 Å². The Labute approximate surface area is 152 Å². The van der Waals surface area contributed by atoms with Crippen molar-refractivity contribution in [3.05, 3.63) is 15.6 Å². The average molecular weight is 354 g/mol. The van der Waals surface area contributed by atoms with Crippen LogP contribution in [0.3, 0.4) is 0 Å². The van der Waals surface area contributed by atoms with E-state index in [1.165, 1.54) is 17.8 Å². The van der Waals surface area contributed by atoms with Crippen LogP contribution in [0.25, 0.3) is 0 Å². The van der Waals surface area contributed by atoms with Crippen LogP contribution in [0.2, 0.25) is 0 Å². The number of hydrogen-bond donors (Lipinski definition) is 2. The molecule has 0 radical (unpaired) electrons. The van der Waals surface area contributed by atoms with E-state index >= 15 is 0 Å². The van der Waals surface area contributed by atoms with Gasteiger partial charge in [0.25, 0.3) is 0 Å². The van der Waals surface area contributed by atoms with Gasteiger partial charge >= 0.3 is 0 Å². The second kappa shape index (κ2) is 11.4. The zero-order valence-electron chi connectivity index (χ0n) is 16.3. The second-order valence-electron chi connectivity index (χ2n) is 6.20. The number of aryl methyl sites for hydroxylation is 2. The van der Waals surface area contributed by atoms with Crippen LogP contribution in [0.1, 0.15) is 49.2 Å². The molecule has 0 amide bonds. The average Bonchev–Trinajstić information content (AvgIpc) is 2.88. The highest BCUT2D eigenvalue weighted by molar-refractivity contribution is 7.11. The summed E-state index contributed by atoms with van der Waals surface area (Å²) in [5, 5.41) is 8.05. The summed E-state index contributed by atoms with van der Waals surface area (Å²) >= 11 is 1.79. The second-order valence-corrected chi connectivity index (χ2v) is 7.49. The molecule has 0 saturated heterocycles. The molecular weight excluding hydrogens is 318 g/mol. The highest BCUT2D eigenvalue weighted by atomic mass is 32.1. The molecule has 24 heavy (non-hydrogen) atoms. The Hall–Kier alpha value is -1.14. The maximum Gasteiger partial charge on any atom is 0.191 e. The molecule has 1 unspecified atom stereocenters. The molecule has 138 valence electrons. The molecule has 0 aliphatic heterocycles. The van der Waals surface area contributed by atoms with Crippen molar-refractivity contribution in [1.29, 1.82) is 0 Å². The number of nitrogens with one attached hydrogen (secondary N) is 2. The monoisotopic (exact) mass is 353 g/mol. The lowest BCUT2D eigenvalue weighted by molar-refractivity contribution is 0.292. The molecule has 6 heteroatoms. The minimum Gasteiger partial charge on any atom is -0.356 e. The number of aliphatic imine (C=N–C) groups is 1. The summed E-state index contributed by atoms with van der Waals surface area (Å²) in [6.45, 7) is 15.2. The highest BCUT2D eigenvalue weighted by Crippen LogP contribution is 2.16. The zero-order chi connectivity index (χ0) is 17.9. The van der Waals surface area contributed by atoms with Crippen molar-refractivity contribution in [3.63, 3.8) is 0 Å². The van der Waals surface area contributed by atoms with Crippen molar-refractivity contribution in [1.82, 2.24) is 20.5 Å². The standard InChI is InChI=1S/C18H35N5S/c1-7-23(8-2)13-9-10-14(3)21-18(19-6)20-12-11-17-15(4)22-16(5)24-17/h14H,7-13H2,1-6H3,(H2,19,20,21). The smallest absolute Gasteiger partial charge is 0.191 e. The van der Waals surface area contributed by atoms with Gasteiger partial charge in [-0.25, -0.2) is 4.98 Å². The van der Waals surface area contributed by atoms with E-state index in [2.05, 4.69) is 60.1 Å². The Morgan fingerprint density at radius 2 is 2.00 bits per heavy atom. The molecule has 1 atom stereocenters. The lowest BCUT2D eigenvalue weighted by Crippen LogP contribution is -2.43. The number of thiazole rings is 1. The van der Waals surface area contributed by atoms with Gasteiger partial charge in [0.15, 0.2) is 5.96 Å². The molecule has 1 aromatic heterocycles. The van der Waals surface area contributed by atoms with Crippen LogP contribution in [-0.4, -0.2) is 55.1 Å². The number of rotatable bonds is 10. The van der Waals surface area contributed by atoms with Gasteiger partial charge in [-0.2, -0.15) is 0 Å². The minimum absolute atomic E-state index is 0.430. The summed E-state index contributed by atoms with van der Waals surface area (Å²) in [4.78, 5) is 12.6. The van der Waals surface area contributed by atoms with Crippen LogP contribution < -0.4 is 10.6 Å². The number of nitrogens with zero attached hydrogens (tertiary/aromatic N) is 3. The fourth-order valence-electron chi connectivity index (χ4n) is 2.76. The summed E-state index contributed by atoms with van der Waals surface area (Å²) in [6.07, 6.45) is 3.37. The Balaban J connectivity index is 2.27. The van der Waals surface area contributed by atoms with E-state index in [0.29, 0.717) is 6.04 Å².